The molecule has 0 aliphatic rings. The van der Waals surface area contributed by atoms with Crippen molar-refractivity contribution >= 4 is 17.5 Å². The molecule has 0 radical (unpaired) electrons. The molecule has 0 atom stereocenters. The van der Waals surface area contributed by atoms with Crippen LogP contribution in [0.2, 0.25) is 0 Å². The van der Waals surface area contributed by atoms with Gasteiger partial charge in [0.25, 0.3) is 0 Å². The highest BCUT2D eigenvalue weighted by molar-refractivity contribution is 5.93. The van der Waals surface area contributed by atoms with E-state index in [1.54, 1.807) is 12.3 Å². The summed E-state index contributed by atoms with van der Waals surface area (Å²) in [7, 11) is 0. The third-order valence-corrected chi connectivity index (χ3v) is 2.57. The fourth-order valence-corrected chi connectivity index (χ4v) is 1.63. The Morgan fingerprint density at radius 3 is 2.95 bits per heavy atom. The van der Waals surface area contributed by atoms with Crippen LogP contribution in [0.15, 0.2) is 35.1 Å². The van der Waals surface area contributed by atoms with Crippen LogP contribution in [-0.4, -0.2) is 27.5 Å². The number of nitrogens with one attached hydrogen (secondary N) is 1. The molecule has 0 aliphatic carbocycles. The van der Waals surface area contributed by atoms with E-state index in [2.05, 4.69) is 10.3 Å². The lowest BCUT2D eigenvalue weighted by atomic mass is 10.2. The number of carbonyl (C=O) groups is 1. The number of carboxylic acids is 1. The van der Waals surface area contributed by atoms with Crippen LogP contribution in [0, 0.1) is 10.1 Å². The summed E-state index contributed by atoms with van der Waals surface area (Å²) in [6, 6.07) is 4.72. The van der Waals surface area contributed by atoms with Crippen molar-refractivity contribution in [1.29, 1.82) is 0 Å². The van der Waals surface area contributed by atoms with Crippen molar-refractivity contribution in [3.63, 3.8) is 0 Å². The molecule has 0 aromatic carbocycles. The molecule has 2 rings (SSSR count). The van der Waals surface area contributed by atoms with Gasteiger partial charge in [-0.2, -0.15) is 0 Å². The molecule has 0 spiro atoms. The number of nitrogens with zero attached hydrogens (tertiary/aromatic N) is 2. The van der Waals surface area contributed by atoms with E-state index in [0.717, 1.165) is 18.0 Å². The normalized spacial score (nSPS) is 10.2. The second-order valence-corrected chi connectivity index (χ2v) is 3.91. The van der Waals surface area contributed by atoms with Gasteiger partial charge in [0.05, 0.1) is 11.2 Å². The molecule has 0 unspecified atom stereocenters. The first-order valence-electron chi connectivity index (χ1n) is 5.72. The average molecular weight is 277 g/mol. The standard InChI is InChI=1S/C12H11N3O5/c16-12(17)9-6-11(14-7-10(9)15(18)19)13-4-3-8-2-1-5-20-8/h1-2,5-7H,3-4H2,(H,13,14)(H,16,17). The summed E-state index contributed by atoms with van der Waals surface area (Å²) in [6.07, 6.45) is 3.08. The van der Waals surface area contributed by atoms with Crippen LogP contribution in [-0.2, 0) is 6.42 Å². The molecule has 0 fully saturated rings. The van der Waals surface area contributed by atoms with Gasteiger partial charge in [0.15, 0.2) is 0 Å². The lowest BCUT2D eigenvalue weighted by molar-refractivity contribution is -0.385. The zero-order valence-electron chi connectivity index (χ0n) is 10.3. The van der Waals surface area contributed by atoms with Crippen LogP contribution in [0.25, 0.3) is 0 Å². The Hall–Kier alpha value is -2.90. The monoisotopic (exact) mass is 277 g/mol. The van der Waals surface area contributed by atoms with Crippen molar-refractivity contribution in [2.75, 3.05) is 11.9 Å². The Morgan fingerprint density at radius 2 is 2.35 bits per heavy atom. The lowest BCUT2D eigenvalue weighted by Crippen LogP contribution is -2.09. The van der Waals surface area contributed by atoms with E-state index in [9.17, 15) is 14.9 Å². The van der Waals surface area contributed by atoms with Crippen molar-refractivity contribution in [1.82, 2.24) is 4.98 Å². The maximum Gasteiger partial charge on any atom is 0.342 e. The summed E-state index contributed by atoms with van der Waals surface area (Å²) >= 11 is 0. The molecule has 0 aliphatic heterocycles. The van der Waals surface area contributed by atoms with E-state index in [0.29, 0.717) is 13.0 Å². The number of pyridine rings is 1. The molecule has 0 saturated carbocycles. The highest BCUT2D eigenvalue weighted by atomic mass is 16.6. The number of anilines is 1. The summed E-state index contributed by atoms with van der Waals surface area (Å²) in [5, 5.41) is 22.5. The smallest absolute Gasteiger partial charge is 0.342 e. The van der Waals surface area contributed by atoms with Crippen molar-refractivity contribution in [3.05, 3.63) is 52.1 Å². The number of hydrogen-bond donors (Lipinski definition) is 2. The van der Waals surface area contributed by atoms with Gasteiger partial charge in [-0.15, -0.1) is 0 Å². The average Bonchev–Trinajstić information content (AvgIpc) is 2.91. The van der Waals surface area contributed by atoms with Crippen molar-refractivity contribution < 1.29 is 19.2 Å². The molecular weight excluding hydrogens is 266 g/mol. The number of carboxylic acid groups (broad SMARTS) is 1. The summed E-state index contributed by atoms with van der Waals surface area (Å²) in [5.74, 6) is -0.328. The number of furan rings is 1. The van der Waals surface area contributed by atoms with Gasteiger partial charge < -0.3 is 14.8 Å². The number of aromatic carboxylic acids is 1. The van der Waals surface area contributed by atoms with Crippen molar-refractivity contribution in [2.45, 2.75) is 6.42 Å². The third-order valence-electron chi connectivity index (χ3n) is 2.57. The van der Waals surface area contributed by atoms with Gasteiger partial charge in [-0.3, -0.25) is 10.1 Å². The maximum absolute atomic E-state index is 11.0. The minimum absolute atomic E-state index is 0.263. The number of aromatic nitrogens is 1. The van der Waals surface area contributed by atoms with Gasteiger partial charge >= 0.3 is 11.7 Å². The minimum Gasteiger partial charge on any atom is -0.477 e. The van der Waals surface area contributed by atoms with Gasteiger partial charge in [-0.25, -0.2) is 9.78 Å². The first-order chi connectivity index (χ1) is 9.58. The molecule has 0 saturated heterocycles. The Morgan fingerprint density at radius 1 is 1.55 bits per heavy atom. The molecule has 8 heteroatoms. The first kappa shape index (κ1) is 13.5. The molecular formula is C12H11N3O5. The zero-order chi connectivity index (χ0) is 14.5. The van der Waals surface area contributed by atoms with E-state index in [4.69, 9.17) is 9.52 Å². The maximum atomic E-state index is 11.0. The summed E-state index contributed by atoms with van der Waals surface area (Å²) in [5.41, 5.74) is -0.931. The van der Waals surface area contributed by atoms with E-state index in [1.165, 1.54) is 0 Å². The molecule has 2 aromatic rings. The molecule has 104 valence electrons. The van der Waals surface area contributed by atoms with Crippen LogP contribution in [0.1, 0.15) is 16.1 Å². The van der Waals surface area contributed by atoms with Crippen LogP contribution < -0.4 is 5.32 Å². The zero-order valence-corrected chi connectivity index (χ0v) is 10.3. The minimum atomic E-state index is -1.37. The Kier molecular flexibility index (Phi) is 3.94. The largest absolute Gasteiger partial charge is 0.477 e. The van der Waals surface area contributed by atoms with Crippen molar-refractivity contribution in [3.8, 4) is 0 Å². The Bertz CT molecular complexity index is 624. The lowest BCUT2D eigenvalue weighted by Gasteiger charge is -2.05. The molecule has 0 bridgehead atoms. The van der Waals surface area contributed by atoms with Gasteiger partial charge in [-0.1, -0.05) is 0 Å². The first-order valence-corrected chi connectivity index (χ1v) is 5.72. The predicted molar refractivity (Wildman–Crippen MR) is 68.8 cm³/mol. The second kappa shape index (κ2) is 5.83. The fraction of sp³-hybridized carbons (Fsp3) is 0.167. The van der Waals surface area contributed by atoms with Crippen LogP contribution in [0.5, 0.6) is 0 Å². The second-order valence-electron chi connectivity index (χ2n) is 3.91. The molecule has 2 aromatic heterocycles. The number of nitro groups is 1. The van der Waals surface area contributed by atoms with Crippen molar-refractivity contribution in [2.24, 2.45) is 0 Å². The molecule has 8 nitrogen and oxygen atoms in total. The molecule has 0 amide bonds. The summed E-state index contributed by atoms with van der Waals surface area (Å²) in [6.45, 7) is 0.470. The Labute approximate surface area is 113 Å². The van der Waals surface area contributed by atoms with Crippen LogP contribution >= 0.6 is 0 Å². The summed E-state index contributed by atoms with van der Waals surface area (Å²) in [4.78, 5) is 24.7. The molecule has 2 N–H and O–H groups in total. The topological polar surface area (TPSA) is 118 Å². The van der Waals surface area contributed by atoms with E-state index < -0.39 is 22.1 Å². The number of hydrogen-bond acceptors (Lipinski definition) is 6. The quantitative estimate of drug-likeness (QED) is 0.611. The Balaban J connectivity index is 2.07. The number of rotatable bonds is 6. The van der Waals surface area contributed by atoms with Gasteiger partial charge in [0.1, 0.15) is 23.3 Å². The van der Waals surface area contributed by atoms with Crippen LogP contribution in [0.4, 0.5) is 11.5 Å². The van der Waals surface area contributed by atoms with Gasteiger partial charge in [0.2, 0.25) is 0 Å². The van der Waals surface area contributed by atoms with Gasteiger partial charge in [-0.05, 0) is 12.1 Å². The molecule has 2 heterocycles. The SMILES string of the molecule is O=C(O)c1cc(NCCc2ccco2)ncc1[N+](=O)[O-]. The van der Waals surface area contributed by atoms with Crippen LogP contribution in [0.3, 0.4) is 0 Å². The highest BCUT2D eigenvalue weighted by Crippen LogP contribution is 2.20. The fourth-order valence-electron chi connectivity index (χ4n) is 1.63. The predicted octanol–water partition coefficient (Wildman–Crippen LogP) is 1.94. The molecule has 20 heavy (non-hydrogen) atoms. The third kappa shape index (κ3) is 3.10. The van der Waals surface area contributed by atoms with Gasteiger partial charge in [0, 0.05) is 19.0 Å². The summed E-state index contributed by atoms with van der Waals surface area (Å²) < 4.78 is 5.14. The van der Waals surface area contributed by atoms with E-state index in [1.807, 2.05) is 6.07 Å². The van der Waals surface area contributed by atoms with E-state index in [-0.39, 0.29) is 5.82 Å². The van der Waals surface area contributed by atoms with E-state index >= 15 is 0 Å². The highest BCUT2D eigenvalue weighted by Gasteiger charge is 2.20.